The summed E-state index contributed by atoms with van der Waals surface area (Å²) in [6.45, 7) is 2.66. The minimum atomic E-state index is -1.79. The van der Waals surface area contributed by atoms with Crippen LogP contribution in [0.5, 0.6) is 0 Å². The Morgan fingerprint density at radius 1 is 1.31 bits per heavy atom. The Bertz CT molecular complexity index is 245. The van der Waals surface area contributed by atoms with Gasteiger partial charge in [-0.25, -0.2) is 5.01 Å². The predicted molar refractivity (Wildman–Crippen MR) is 66.4 cm³/mol. The fourth-order valence-corrected chi connectivity index (χ4v) is 1.80. The average Bonchev–Trinajstić information content (AvgIpc) is 2.54. The van der Waals surface area contributed by atoms with Crippen LogP contribution in [-0.2, 0) is 0 Å². The fraction of sp³-hybridized carbons (Fsp3) is 0.889. The molecule has 1 aliphatic rings. The van der Waals surface area contributed by atoms with Gasteiger partial charge in [-0.15, -0.1) is 0 Å². The smallest absolute Gasteiger partial charge is 0.267 e. The molecule has 0 saturated heterocycles. The van der Waals surface area contributed by atoms with Gasteiger partial charge in [0, 0.05) is 6.54 Å². The molecule has 7 heteroatoms. The normalized spacial score (nSPS) is 20.9. The van der Waals surface area contributed by atoms with Crippen molar-refractivity contribution in [1.82, 2.24) is 9.91 Å². The molecule has 16 heavy (non-hydrogen) atoms. The van der Waals surface area contributed by atoms with Crippen molar-refractivity contribution in [2.75, 3.05) is 6.54 Å². The second-order valence-corrected chi connectivity index (χ2v) is 5.86. The Hall–Kier alpha value is 0.0700. The van der Waals surface area contributed by atoms with Gasteiger partial charge >= 0.3 is 0 Å². The van der Waals surface area contributed by atoms with E-state index >= 15 is 0 Å². The second kappa shape index (κ2) is 6.12. The van der Waals surface area contributed by atoms with Crippen LogP contribution in [0.1, 0.15) is 32.6 Å². The van der Waals surface area contributed by atoms with E-state index in [-0.39, 0.29) is 0 Å². The standard InChI is InChI=1S/C9H15Cl3FN3/c1-2-3-4-5-6-16-8(13)15(7-14-16)9(10,11)12/h7-8H,2-6H2,1H3. The number of hydrogen-bond acceptors (Lipinski definition) is 3. The first-order chi connectivity index (χ1) is 7.46. The Morgan fingerprint density at radius 2 is 2.00 bits per heavy atom. The van der Waals surface area contributed by atoms with E-state index in [0.717, 1.165) is 30.6 Å². The lowest BCUT2D eigenvalue weighted by molar-refractivity contribution is 0.0127. The Labute approximate surface area is 110 Å². The van der Waals surface area contributed by atoms with Crippen LogP contribution in [0.2, 0.25) is 0 Å². The van der Waals surface area contributed by atoms with Crippen LogP contribution in [0.15, 0.2) is 5.10 Å². The molecule has 0 spiro atoms. The Kier molecular flexibility index (Phi) is 5.41. The Balaban J connectivity index is 2.34. The van der Waals surface area contributed by atoms with Gasteiger partial charge in [-0.05, 0) is 6.42 Å². The molecule has 0 bridgehead atoms. The van der Waals surface area contributed by atoms with Crippen molar-refractivity contribution in [2.45, 2.75) is 42.9 Å². The van der Waals surface area contributed by atoms with E-state index in [1.54, 1.807) is 0 Å². The first kappa shape index (κ1) is 14.1. The highest BCUT2D eigenvalue weighted by Crippen LogP contribution is 2.34. The number of rotatable bonds is 5. The molecule has 1 heterocycles. The van der Waals surface area contributed by atoms with Crippen LogP contribution < -0.4 is 0 Å². The van der Waals surface area contributed by atoms with E-state index in [0.29, 0.717) is 6.54 Å². The van der Waals surface area contributed by atoms with Gasteiger partial charge in [0.05, 0.1) is 0 Å². The van der Waals surface area contributed by atoms with Crippen molar-refractivity contribution in [3.8, 4) is 0 Å². The maximum Gasteiger partial charge on any atom is 0.272 e. The van der Waals surface area contributed by atoms with Gasteiger partial charge < -0.3 is 0 Å². The van der Waals surface area contributed by atoms with E-state index in [1.165, 1.54) is 11.3 Å². The van der Waals surface area contributed by atoms with Gasteiger partial charge in [0.15, 0.2) is 0 Å². The lowest BCUT2D eigenvalue weighted by Crippen LogP contribution is -2.43. The van der Waals surface area contributed by atoms with Crippen molar-refractivity contribution < 1.29 is 4.39 Å². The molecular weight excluding hydrogens is 275 g/mol. The minimum absolute atomic E-state index is 0.537. The topological polar surface area (TPSA) is 18.8 Å². The third kappa shape index (κ3) is 3.82. The van der Waals surface area contributed by atoms with Crippen molar-refractivity contribution in [3.63, 3.8) is 0 Å². The van der Waals surface area contributed by atoms with E-state index in [9.17, 15) is 4.39 Å². The number of alkyl halides is 4. The summed E-state index contributed by atoms with van der Waals surface area (Å²) in [5.74, 6) is 0. The van der Waals surface area contributed by atoms with Crippen LogP contribution in [0.3, 0.4) is 0 Å². The molecule has 0 aliphatic carbocycles. The van der Waals surface area contributed by atoms with E-state index < -0.39 is 10.3 Å². The molecule has 0 amide bonds. The highest BCUT2D eigenvalue weighted by Gasteiger charge is 2.39. The highest BCUT2D eigenvalue weighted by atomic mass is 35.6. The van der Waals surface area contributed by atoms with Crippen molar-refractivity contribution >= 4 is 41.1 Å². The van der Waals surface area contributed by atoms with Crippen LogP contribution >= 0.6 is 34.8 Å². The van der Waals surface area contributed by atoms with Gasteiger partial charge in [-0.3, -0.25) is 4.90 Å². The second-order valence-electron chi connectivity index (χ2n) is 3.64. The van der Waals surface area contributed by atoms with Crippen LogP contribution in [-0.4, -0.2) is 33.1 Å². The number of hydrogen-bond donors (Lipinski definition) is 0. The molecular formula is C9H15Cl3FN3. The van der Waals surface area contributed by atoms with Gasteiger partial charge in [-0.1, -0.05) is 61.0 Å². The molecule has 0 radical (unpaired) electrons. The quantitative estimate of drug-likeness (QED) is 0.437. The molecule has 1 atom stereocenters. The third-order valence-corrected chi connectivity index (χ3v) is 2.92. The lowest BCUT2D eigenvalue weighted by atomic mass is 10.2. The Morgan fingerprint density at radius 3 is 2.50 bits per heavy atom. The molecule has 94 valence electrons. The zero-order chi connectivity index (χ0) is 12.2. The summed E-state index contributed by atoms with van der Waals surface area (Å²) in [6, 6.07) is 0. The fourth-order valence-electron chi connectivity index (χ4n) is 1.43. The minimum Gasteiger partial charge on any atom is -0.267 e. The molecule has 1 aliphatic heterocycles. The molecule has 0 aromatic heterocycles. The van der Waals surface area contributed by atoms with Gasteiger partial charge in [0.2, 0.25) is 0 Å². The molecule has 3 nitrogen and oxygen atoms in total. The molecule has 0 N–H and O–H groups in total. The predicted octanol–water partition coefficient (Wildman–Crippen LogP) is 3.71. The maximum absolute atomic E-state index is 13.7. The van der Waals surface area contributed by atoms with E-state index in [1.807, 2.05) is 0 Å². The van der Waals surface area contributed by atoms with Crippen LogP contribution in [0.25, 0.3) is 0 Å². The zero-order valence-corrected chi connectivity index (χ0v) is 11.3. The molecule has 0 aromatic carbocycles. The van der Waals surface area contributed by atoms with E-state index in [4.69, 9.17) is 34.8 Å². The monoisotopic (exact) mass is 289 g/mol. The number of hydrazone groups is 1. The van der Waals surface area contributed by atoms with Gasteiger partial charge in [0.1, 0.15) is 6.34 Å². The number of halogens is 4. The first-order valence-electron chi connectivity index (χ1n) is 5.26. The summed E-state index contributed by atoms with van der Waals surface area (Å²) in [5.41, 5.74) is 0. The van der Waals surface area contributed by atoms with Crippen molar-refractivity contribution in [1.29, 1.82) is 0 Å². The molecule has 1 rings (SSSR count). The lowest BCUT2D eigenvalue weighted by Gasteiger charge is -2.28. The molecule has 1 unspecified atom stereocenters. The summed E-state index contributed by atoms with van der Waals surface area (Å²) in [7, 11) is 0. The summed E-state index contributed by atoms with van der Waals surface area (Å²) < 4.78 is 11.9. The number of nitrogens with zero attached hydrogens (tertiary/aromatic N) is 3. The maximum atomic E-state index is 13.7. The SMILES string of the molecule is CCCCCCN1N=CN(C(Cl)(Cl)Cl)C1F. The van der Waals surface area contributed by atoms with Crippen molar-refractivity contribution in [2.24, 2.45) is 5.10 Å². The summed E-state index contributed by atoms with van der Waals surface area (Å²) in [4.78, 5) is 0.956. The zero-order valence-electron chi connectivity index (χ0n) is 9.04. The summed E-state index contributed by atoms with van der Waals surface area (Å²) in [6.07, 6.45) is 3.96. The van der Waals surface area contributed by atoms with Crippen LogP contribution in [0, 0.1) is 0 Å². The molecule has 0 saturated carbocycles. The van der Waals surface area contributed by atoms with Gasteiger partial charge in [-0.2, -0.15) is 9.49 Å². The summed E-state index contributed by atoms with van der Waals surface area (Å²) >= 11 is 16.7. The highest BCUT2D eigenvalue weighted by molar-refractivity contribution is 6.67. The molecule has 0 aromatic rings. The third-order valence-electron chi connectivity index (χ3n) is 2.33. The van der Waals surface area contributed by atoms with Crippen LogP contribution in [0.4, 0.5) is 4.39 Å². The summed E-state index contributed by atoms with van der Waals surface area (Å²) in [5, 5.41) is 5.16. The van der Waals surface area contributed by atoms with Crippen molar-refractivity contribution in [3.05, 3.63) is 0 Å². The van der Waals surface area contributed by atoms with E-state index in [2.05, 4.69) is 12.0 Å². The largest absolute Gasteiger partial charge is 0.272 e. The average molecular weight is 291 g/mol. The van der Waals surface area contributed by atoms with Gasteiger partial charge in [0.25, 0.3) is 10.3 Å². The first-order valence-corrected chi connectivity index (χ1v) is 6.40. The molecule has 0 fully saturated rings. The number of unbranched alkanes of at least 4 members (excludes halogenated alkanes) is 3.